The maximum Gasteiger partial charge on any atom is 0.316 e. The van der Waals surface area contributed by atoms with Crippen molar-refractivity contribution in [3.63, 3.8) is 0 Å². The first kappa shape index (κ1) is 21.1. The van der Waals surface area contributed by atoms with Crippen LogP contribution in [0.25, 0.3) is 0 Å². The first-order valence-corrected chi connectivity index (χ1v) is 10.5. The number of esters is 1. The summed E-state index contributed by atoms with van der Waals surface area (Å²) in [5, 5.41) is 2.44. The van der Waals surface area contributed by atoms with Crippen molar-refractivity contribution in [1.82, 2.24) is 4.57 Å². The number of aryl methyl sites for hydroxylation is 1. The number of amides is 1. The topological polar surface area (TPSA) is 77.4 Å². The number of halogens is 1. The number of hydrogen-bond acceptors (Lipinski definition) is 5. The predicted octanol–water partition coefficient (Wildman–Crippen LogP) is 3.68. The zero-order valence-electron chi connectivity index (χ0n) is 16.4. The number of carbonyl (C=O) groups is 3. The molecule has 0 bridgehead atoms. The maximum absolute atomic E-state index is 13.5. The van der Waals surface area contributed by atoms with Gasteiger partial charge < -0.3 is 14.6 Å². The third-order valence-electron chi connectivity index (χ3n) is 4.66. The van der Waals surface area contributed by atoms with Gasteiger partial charge in [-0.1, -0.05) is 12.1 Å². The smallest absolute Gasteiger partial charge is 0.316 e. The molecule has 29 heavy (non-hydrogen) atoms. The Bertz CT molecular complexity index is 937. The van der Waals surface area contributed by atoms with Gasteiger partial charge in [-0.15, -0.1) is 11.8 Å². The highest BCUT2D eigenvalue weighted by molar-refractivity contribution is 8.00. The van der Waals surface area contributed by atoms with Crippen LogP contribution in [-0.2, 0) is 14.3 Å². The Morgan fingerprint density at radius 1 is 1.21 bits per heavy atom. The van der Waals surface area contributed by atoms with E-state index in [-0.39, 0.29) is 29.6 Å². The predicted molar refractivity (Wildman–Crippen MR) is 110 cm³/mol. The monoisotopic (exact) mass is 418 g/mol. The molecule has 2 aromatic rings. The van der Waals surface area contributed by atoms with Gasteiger partial charge >= 0.3 is 5.97 Å². The average Bonchev–Trinajstić information content (AvgIpc) is 3.46. The molecule has 0 saturated heterocycles. The molecule has 0 atom stereocenters. The van der Waals surface area contributed by atoms with Gasteiger partial charge in [0.25, 0.3) is 0 Å². The summed E-state index contributed by atoms with van der Waals surface area (Å²) in [5.74, 6) is -1.85. The summed E-state index contributed by atoms with van der Waals surface area (Å²) in [4.78, 5) is 36.1. The highest BCUT2D eigenvalue weighted by Crippen LogP contribution is 2.38. The number of Topliss-reactive ketones (excluding diaryl/α,β-unsaturated/α-hetero) is 1. The van der Waals surface area contributed by atoms with Crippen LogP contribution in [0.5, 0.6) is 0 Å². The Labute approximate surface area is 172 Å². The lowest BCUT2D eigenvalue weighted by atomic mass is 10.1. The van der Waals surface area contributed by atoms with Crippen molar-refractivity contribution < 1.29 is 23.5 Å². The molecule has 0 aliphatic heterocycles. The highest BCUT2D eigenvalue weighted by atomic mass is 32.2. The van der Waals surface area contributed by atoms with Crippen molar-refractivity contribution in [2.24, 2.45) is 0 Å². The lowest BCUT2D eigenvalue weighted by Gasteiger charge is -2.08. The first-order chi connectivity index (χ1) is 13.9. The average molecular weight is 418 g/mol. The van der Waals surface area contributed by atoms with Crippen molar-refractivity contribution in [2.45, 2.75) is 32.7 Å². The summed E-state index contributed by atoms with van der Waals surface area (Å²) in [7, 11) is 0. The molecule has 1 saturated carbocycles. The molecule has 1 N–H and O–H groups in total. The van der Waals surface area contributed by atoms with E-state index >= 15 is 0 Å². The largest absolute Gasteiger partial charge is 0.457 e. The third-order valence-corrected chi connectivity index (χ3v) is 5.57. The Morgan fingerprint density at radius 2 is 1.93 bits per heavy atom. The SMILES string of the molecule is Cc1cc(C(=O)COC(=O)CSCC(=O)Nc2ccccc2F)c(C)n1C1CC1. The molecule has 3 rings (SSSR count). The normalized spacial score (nSPS) is 13.2. The summed E-state index contributed by atoms with van der Waals surface area (Å²) in [6.07, 6.45) is 2.25. The molecule has 1 amide bonds. The lowest BCUT2D eigenvalue weighted by Crippen LogP contribution is -2.19. The van der Waals surface area contributed by atoms with E-state index in [1.54, 1.807) is 6.07 Å². The molecule has 154 valence electrons. The van der Waals surface area contributed by atoms with Gasteiger partial charge in [0, 0.05) is 23.0 Å². The van der Waals surface area contributed by atoms with E-state index < -0.39 is 17.7 Å². The molecule has 1 aliphatic carbocycles. The Balaban J connectivity index is 1.40. The maximum atomic E-state index is 13.5. The van der Waals surface area contributed by atoms with Crippen molar-refractivity contribution in [3.8, 4) is 0 Å². The fourth-order valence-corrected chi connectivity index (χ4v) is 3.81. The first-order valence-electron chi connectivity index (χ1n) is 9.36. The van der Waals surface area contributed by atoms with E-state index in [9.17, 15) is 18.8 Å². The van der Waals surface area contributed by atoms with Crippen LogP contribution in [0.4, 0.5) is 10.1 Å². The molecule has 8 heteroatoms. The number of ketones is 1. The van der Waals surface area contributed by atoms with Gasteiger partial charge in [0.2, 0.25) is 11.7 Å². The number of aromatic nitrogens is 1. The van der Waals surface area contributed by atoms with E-state index in [0.29, 0.717) is 11.6 Å². The Hall–Kier alpha value is -2.61. The standard InChI is InChI=1S/C21H23FN2O4S/c1-13-9-16(14(2)24(13)15-7-8-15)19(25)10-28-21(27)12-29-11-20(26)23-18-6-4-3-5-17(18)22/h3-6,9,15H,7-8,10-12H2,1-2H3,(H,23,26). The number of para-hydroxylation sites is 1. The fourth-order valence-electron chi connectivity index (χ4n) is 3.20. The number of nitrogens with one attached hydrogen (secondary N) is 1. The van der Waals surface area contributed by atoms with Gasteiger partial charge in [-0.3, -0.25) is 14.4 Å². The van der Waals surface area contributed by atoms with E-state index in [1.807, 2.05) is 19.9 Å². The van der Waals surface area contributed by atoms with Crippen molar-refractivity contribution in [2.75, 3.05) is 23.4 Å². The Morgan fingerprint density at radius 3 is 2.62 bits per heavy atom. The summed E-state index contributed by atoms with van der Waals surface area (Å²) < 4.78 is 20.7. The van der Waals surface area contributed by atoms with Gasteiger partial charge in [-0.25, -0.2) is 4.39 Å². The molecule has 0 spiro atoms. The highest BCUT2D eigenvalue weighted by Gasteiger charge is 2.28. The fraction of sp³-hybridized carbons (Fsp3) is 0.381. The minimum atomic E-state index is -0.571. The second-order valence-corrected chi connectivity index (χ2v) is 7.98. The minimum absolute atomic E-state index is 0.0279. The molecular weight excluding hydrogens is 395 g/mol. The lowest BCUT2D eigenvalue weighted by molar-refractivity contribution is -0.139. The number of carbonyl (C=O) groups excluding carboxylic acids is 3. The summed E-state index contributed by atoms with van der Waals surface area (Å²) in [6, 6.07) is 8.16. The van der Waals surface area contributed by atoms with E-state index in [4.69, 9.17) is 4.74 Å². The molecule has 6 nitrogen and oxygen atoms in total. The van der Waals surface area contributed by atoms with Crippen LogP contribution >= 0.6 is 11.8 Å². The quantitative estimate of drug-likeness (QED) is 0.497. The van der Waals surface area contributed by atoms with Crippen molar-refractivity contribution in [1.29, 1.82) is 0 Å². The number of nitrogens with zero attached hydrogens (tertiary/aromatic N) is 1. The van der Waals surface area contributed by atoms with Gasteiger partial charge in [-0.2, -0.15) is 0 Å². The van der Waals surface area contributed by atoms with E-state index in [1.165, 1.54) is 18.2 Å². The van der Waals surface area contributed by atoms with Crippen molar-refractivity contribution in [3.05, 3.63) is 53.1 Å². The molecule has 0 radical (unpaired) electrons. The molecule has 1 aromatic carbocycles. The van der Waals surface area contributed by atoms with Crippen LogP contribution < -0.4 is 5.32 Å². The summed E-state index contributed by atoms with van der Waals surface area (Å²) in [6.45, 7) is 3.55. The summed E-state index contributed by atoms with van der Waals surface area (Å²) in [5.41, 5.74) is 2.62. The van der Waals surface area contributed by atoms with Crippen LogP contribution in [0.15, 0.2) is 30.3 Å². The van der Waals surface area contributed by atoms with E-state index in [0.717, 1.165) is 36.0 Å². The van der Waals surface area contributed by atoms with Crippen LogP contribution in [0.1, 0.15) is 40.6 Å². The second-order valence-electron chi connectivity index (χ2n) is 6.99. The van der Waals surface area contributed by atoms with Gasteiger partial charge in [0.15, 0.2) is 6.61 Å². The third kappa shape index (κ3) is 5.47. The number of ether oxygens (including phenoxy) is 1. The molecule has 1 fully saturated rings. The van der Waals surface area contributed by atoms with Crippen LogP contribution in [-0.4, -0.2) is 40.3 Å². The summed E-state index contributed by atoms with van der Waals surface area (Å²) >= 11 is 1.04. The van der Waals surface area contributed by atoms with Crippen LogP contribution in [0.2, 0.25) is 0 Å². The zero-order valence-corrected chi connectivity index (χ0v) is 17.2. The Kier molecular flexibility index (Phi) is 6.74. The number of thioether (sulfide) groups is 1. The van der Waals surface area contributed by atoms with Gasteiger partial charge in [-0.05, 0) is 44.9 Å². The molecule has 1 heterocycles. The van der Waals surface area contributed by atoms with Crippen LogP contribution in [0, 0.1) is 19.7 Å². The molecule has 1 aromatic heterocycles. The number of benzene rings is 1. The van der Waals surface area contributed by atoms with Gasteiger partial charge in [0.1, 0.15) is 5.82 Å². The molecule has 1 aliphatic rings. The number of rotatable bonds is 9. The van der Waals surface area contributed by atoms with Crippen molar-refractivity contribution >= 4 is 35.1 Å². The second kappa shape index (κ2) is 9.26. The minimum Gasteiger partial charge on any atom is -0.457 e. The molecule has 0 unspecified atom stereocenters. The van der Waals surface area contributed by atoms with Gasteiger partial charge in [0.05, 0.1) is 17.2 Å². The zero-order chi connectivity index (χ0) is 21.0. The molecular formula is C21H23FN2O4S. The van der Waals surface area contributed by atoms with Crippen LogP contribution in [0.3, 0.4) is 0 Å². The number of hydrogen-bond donors (Lipinski definition) is 1. The number of anilines is 1. The van der Waals surface area contributed by atoms with E-state index in [2.05, 4.69) is 9.88 Å².